The number of hydrogen-bond donors (Lipinski definition) is 2. The number of nitrogens with zero attached hydrogens (tertiary/aromatic N) is 2. The van der Waals surface area contributed by atoms with E-state index in [-0.39, 0.29) is 4.90 Å². The summed E-state index contributed by atoms with van der Waals surface area (Å²) in [6.45, 7) is 5.03. The van der Waals surface area contributed by atoms with E-state index in [1.807, 2.05) is 0 Å². The first-order chi connectivity index (χ1) is 10.0. The molecule has 114 valence electrons. The lowest BCUT2D eigenvalue weighted by atomic mass is 10.4. The van der Waals surface area contributed by atoms with Gasteiger partial charge in [-0.05, 0) is 19.9 Å². The number of hydrogen-bond acceptors (Lipinski definition) is 6. The highest BCUT2D eigenvalue weighted by Gasteiger charge is 2.21. The van der Waals surface area contributed by atoms with E-state index in [0.717, 1.165) is 13.0 Å². The smallest absolute Gasteiger partial charge is 0.265 e. The first-order valence-corrected chi connectivity index (χ1v) is 8.09. The number of aromatic nitrogens is 2. The third-order valence-electron chi connectivity index (χ3n) is 2.75. The van der Waals surface area contributed by atoms with E-state index >= 15 is 0 Å². The van der Waals surface area contributed by atoms with Crippen molar-refractivity contribution in [2.75, 3.05) is 11.3 Å². The van der Waals surface area contributed by atoms with Crippen molar-refractivity contribution >= 4 is 15.7 Å². The predicted octanol–water partition coefficient (Wildman–Crippen LogP) is 1.68. The van der Waals surface area contributed by atoms with Crippen molar-refractivity contribution in [3.8, 4) is 0 Å². The normalized spacial score (nSPS) is 11.5. The second-order valence-electron chi connectivity index (χ2n) is 4.54. The van der Waals surface area contributed by atoms with Crippen LogP contribution in [0.15, 0.2) is 34.1 Å². The molecule has 7 nitrogen and oxygen atoms in total. The molecule has 0 spiro atoms. The Hall–Kier alpha value is -1.93. The number of furan rings is 1. The SMILES string of the molecule is CCCNCc1cc(S(=O)(=O)Nc2cncnc2)c(C)o1. The largest absolute Gasteiger partial charge is 0.464 e. The monoisotopic (exact) mass is 310 g/mol. The Balaban J connectivity index is 2.16. The van der Waals surface area contributed by atoms with E-state index in [0.29, 0.717) is 23.8 Å². The molecule has 0 amide bonds. The van der Waals surface area contributed by atoms with Crippen LogP contribution in [0.2, 0.25) is 0 Å². The fourth-order valence-corrected chi connectivity index (χ4v) is 3.06. The van der Waals surface area contributed by atoms with Crippen LogP contribution < -0.4 is 10.0 Å². The van der Waals surface area contributed by atoms with Crippen LogP contribution >= 0.6 is 0 Å². The fraction of sp³-hybridized carbons (Fsp3) is 0.385. The lowest BCUT2D eigenvalue weighted by molar-refractivity contribution is 0.457. The molecule has 0 aromatic carbocycles. The van der Waals surface area contributed by atoms with Gasteiger partial charge in [0.25, 0.3) is 10.0 Å². The summed E-state index contributed by atoms with van der Waals surface area (Å²) in [5.41, 5.74) is 0.309. The van der Waals surface area contributed by atoms with Crippen molar-refractivity contribution in [2.24, 2.45) is 0 Å². The van der Waals surface area contributed by atoms with Crippen LogP contribution in [0.25, 0.3) is 0 Å². The molecule has 2 N–H and O–H groups in total. The summed E-state index contributed by atoms with van der Waals surface area (Å²) in [5, 5.41) is 3.16. The van der Waals surface area contributed by atoms with Gasteiger partial charge in [0.2, 0.25) is 0 Å². The van der Waals surface area contributed by atoms with E-state index < -0.39 is 10.0 Å². The number of anilines is 1. The summed E-state index contributed by atoms with van der Waals surface area (Å²) in [6.07, 6.45) is 5.12. The lowest BCUT2D eigenvalue weighted by Gasteiger charge is -2.05. The summed E-state index contributed by atoms with van der Waals surface area (Å²) < 4.78 is 32.5. The lowest BCUT2D eigenvalue weighted by Crippen LogP contribution is -2.14. The molecule has 2 heterocycles. The van der Waals surface area contributed by atoms with Gasteiger partial charge in [-0.25, -0.2) is 18.4 Å². The molecule has 0 atom stereocenters. The zero-order valence-electron chi connectivity index (χ0n) is 12.0. The van der Waals surface area contributed by atoms with E-state index in [4.69, 9.17) is 4.42 Å². The number of rotatable bonds is 7. The van der Waals surface area contributed by atoms with Gasteiger partial charge in [-0.15, -0.1) is 0 Å². The van der Waals surface area contributed by atoms with E-state index in [9.17, 15) is 8.42 Å². The maximum atomic E-state index is 12.3. The summed E-state index contributed by atoms with van der Waals surface area (Å²) in [6, 6.07) is 1.53. The standard InChI is InChI=1S/C13H18N4O3S/c1-3-4-14-8-12-5-13(10(2)20-12)21(18,19)17-11-6-15-9-16-7-11/h5-7,9,14,17H,3-4,8H2,1-2H3. The Morgan fingerprint density at radius 1 is 1.29 bits per heavy atom. The van der Waals surface area contributed by atoms with Crippen LogP contribution in [0.4, 0.5) is 5.69 Å². The van der Waals surface area contributed by atoms with E-state index in [2.05, 4.69) is 26.9 Å². The average Bonchev–Trinajstić information content (AvgIpc) is 2.82. The second-order valence-corrected chi connectivity index (χ2v) is 6.19. The Bertz CT molecular complexity index is 683. The Kier molecular flexibility index (Phi) is 4.92. The van der Waals surface area contributed by atoms with Gasteiger partial charge >= 0.3 is 0 Å². The summed E-state index contributed by atoms with van der Waals surface area (Å²) in [7, 11) is -3.71. The molecule has 8 heteroatoms. The van der Waals surface area contributed by atoms with Crippen LogP contribution in [0.3, 0.4) is 0 Å². The van der Waals surface area contributed by atoms with Crippen LogP contribution in [0.1, 0.15) is 24.9 Å². The molecule has 0 saturated heterocycles. The molecule has 21 heavy (non-hydrogen) atoms. The topological polar surface area (TPSA) is 97.1 Å². The summed E-state index contributed by atoms with van der Waals surface area (Å²) >= 11 is 0. The highest BCUT2D eigenvalue weighted by Crippen LogP contribution is 2.22. The van der Waals surface area contributed by atoms with Crippen molar-refractivity contribution in [2.45, 2.75) is 31.7 Å². The van der Waals surface area contributed by atoms with Crippen molar-refractivity contribution in [3.63, 3.8) is 0 Å². The quantitative estimate of drug-likeness (QED) is 0.755. The zero-order chi connectivity index (χ0) is 15.3. The molecule has 2 aromatic rings. The maximum absolute atomic E-state index is 12.3. The molecular formula is C13H18N4O3S. The van der Waals surface area contributed by atoms with Crippen LogP contribution in [0, 0.1) is 6.92 Å². The number of aryl methyl sites for hydroxylation is 1. The van der Waals surface area contributed by atoms with Crippen LogP contribution in [0.5, 0.6) is 0 Å². The maximum Gasteiger partial charge on any atom is 0.265 e. The number of nitrogens with one attached hydrogen (secondary N) is 2. The van der Waals surface area contributed by atoms with Gasteiger partial charge in [0, 0.05) is 6.07 Å². The Labute approximate surface area is 123 Å². The van der Waals surface area contributed by atoms with Gasteiger partial charge in [0.1, 0.15) is 22.7 Å². The number of sulfonamides is 1. The van der Waals surface area contributed by atoms with Gasteiger partial charge in [0.05, 0.1) is 24.6 Å². The molecule has 2 aromatic heterocycles. The minimum atomic E-state index is -3.71. The first kappa shape index (κ1) is 15.5. The molecule has 0 bridgehead atoms. The van der Waals surface area contributed by atoms with Gasteiger partial charge in [-0.2, -0.15) is 0 Å². The summed E-state index contributed by atoms with van der Waals surface area (Å²) in [5.74, 6) is 0.943. The molecule has 0 aliphatic carbocycles. The van der Waals surface area contributed by atoms with Gasteiger partial charge in [0.15, 0.2) is 0 Å². The molecule has 0 aliphatic rings. The average molecular weight is 310 g/mol. The van der Waals surface area contributed by atoms with Gasteiger partial charge in [-0.3, -0.25) is 4.72 Å². The first-order valence-electron chi connectivity index (χ1n) is 6.61. The Morgan fingerprint density at radius 2 is 2.00 bits per heavy atom. The minimum absolute atomic E-state index is 0.125. The fourth-order valence-electron chi connectivity index (χ4n) is 1.83. The van der Waals surface area contributed by atoms with Crippen LogP contribution in [-0.4, -0.2) is 24.9 Å². The molecule has 0 unspecified atom stereocenters. The van der Waals surface area contributed by atoms with Crippen molar-refractivity contribution in [1.29, 1.82) is 0 Å². The van der Waals surface area contributed by atoms with Crippen molar-refractivity contribution in [1.82, 2.24) is 15.3 Å². The third kappa shape index (κ3) is 4.02. The molecule has 2 rings (SSSR count). The molecule has 0 saturated carbocycles. The molecule has 0 radical (unpaired) electrons. The molecular weight excluding hydrogens is 292 g/mol. The Morgan fingerprint density at radius 3 is 2.67 bits per heavy atom. The van der Waals surface area contributed by atoms with Crippen LogP contribution in [-0.2, 0) is 16.6 Å². The summed E-state index contributed by atoms with van der Waals surface area (Å²) in [4.78, 5) is 7.66. The minimum Gasteiger partial charge on any atom is -0.464 e. The van der Waals surface area contributed by atoms with Gasteiger partial charge < -0.3 is 9.73 Å². The second kappa shape index (κ2) is 6.68. The van der Waals surface area contributed by atoms with E-state index in [1.54, 1.807) is 6.92 Å². The third-order valence-corrected chi connectivity index (χ3v) is 4.24. The van der Waals surface area contributed by atoms with Crippen molar-refractivity contribution in [3.05, 3.63) is 36.3 Å². The van der Waals surface area contributed by atoms with E-state index in [1.165, 1.54) is 24.8 Å². The predicted molar refractivity (Wildman–Crippen MR) is 78.3 cm³/mol. The molecule has 0 fully saturated rings. The molecule has 0 aliphatic heterocycles. The highest BCUT2D eigenvalue weighted by atomic mass is 32.2. The highest BCUT2D eigenvalue weighted by molar-refractivity contribution is 7.92. The van der Waals surface area contributed by atoms with Gasteiger partial charge in [-0.1, -0.05) is 6.92 Å². The van der Waals surface area contributed by atoms with Crippen molar-refractivity contribution < 1.29 is 12.8 Å². The zero-order valence-corrected chi connectivity index (χ0v) is 12.8.